The summed E-state index contributed by atoms with van der Waals surface area (Å²) in [7, 11) is 2.19. The maximum Gasteiger partial charge on any atom is 0.0452 e. The molecule has 2 nitrogen and oxygen atoms in total. The van der Waals surface area contributed by atoms with Gasteiger partial charge in [-0.1, -0.05) is 18.5 Å². The Hall–Kier alpha value is -0.730. The number of hydrogen-bond donors (Lipinski definition) is 1. The Morgan fingerprint density at radius 3 is 2.61 bits per heavy atom. The molecule has 1 aromatic rings. The van der Waals surface area contributed by atoms with Gasteiger partial charge in [0.05, 0.1) is 0 Å². The van der Waals surface area contributed by atoms with Crippen molar-refractivity contribution in [1.82, 2.24) is 4.90 Å². The van der Waals surface area contributed by atoms with Crippen LogP contribution in [0.1, 0.15) is 38.2 Å². The number of halogens is 1. The summed E-state index contributed by atoms with van der Waals surface area (Å²) in [4.78, 5) is 2.42. The highest BCUT2D eigenvalue weighted by atomic mass is 35.5. The zero-order valence-corrected chi connectivity index (χ0v) is 12.1. The van der Waals surface area contributed by atoms with Crippen molar-refractivity contribution >= 4 is 17.3 Å². The van der Waals surface area contributed by atoms with Crippen molar-refractivity contribution in [3.63, 3.8) is 0 Å². The van der Waals surface area contributed by atoms with Crippen LogP contribution < -0.4 is 5.73 Å². The highest BCUT2D eigenvalue weighted by Crippen LogP contribution is 2.28. The molecule has 1 aliphatic carbocycles. The van der Waals surface area contributed by atoms with E-state index in [-0.39, 0.29) is 0 Å². The molecule has 100 valence electrons. The molecule has 0 amide bonds. The quantitative estimate of drug-likeness (QED) is 0.840. The summed E-state index contributed by atoms with van der Waals surface area (Å²) in [6.07, 6.45) is 5.30. The van der Waals surface area contributed by atoms with E-state index in [1.807, 2.05) is 18.2 Å². The van der Waals surface area contributed by atoms with Crippen molar-refractivity contribution in [2.24, 2.45) is 5.92 Å². The molecule has 0 radical (unpaired) electrons. The summed E-state index contributed by atoms with van der Waals surface area (Å²) >= 11 is 6.22. The van der Waals surface area contributed by atoms with Crippen molar-refractivity contribution < 1.29 is 0 Å². The summed E-state index contributed by atoms with van der Waals surface area (Å²) in [5.74, 6) is 0.894. The molecule has 1 fully saturated rings. The summed E-state index contributed by atoms with van der Waals surface area (Å²) in [5, 5.41) is 0.820. The van der Waals surface area contributed by atoms with Gasteiger partial charge < -0.3 is 5.73 Å². The minimum Gasteiger partial charge on any atom is -0.399 e. The number of anilines is 1. The molecule has 0 atom stereocenters. The van der Waals surface area contributed by atoms with Crippen LogP contribution in [0.5, 0.6) is 0 Å². The maximum absolute atomic E-state index is 6.22. The molecular weight excluding hydrogens is 244 g/mol. The molecule has 0 spiro atoms. The van der Waals surface area contributed by atoms with E-state index in [9.17, 15) is 0 Å². The third-order valence-corrected chi connectivity index (χ3v) is 4.47. The van der Waals surface area contributed by atoms with Crippen molar-refractivity contribution in [2.45, 2.75) is 45.2 Å². The lowest BCUT2D eigenvalue weighted by Crippen LogP contribution is -2.34. The SMILES string of the molecule is CC1CCC(N(C)Cc2cc(N)ccc2Cl)CC1. The van der Waals surface area contributed by atoms with Crippen LogP contribution in [-0.2, 0) is 6.54 Å². The first kappa shape index (κ1) is 13.7. The van der Waals surface area contributed by atoms with E-state index in [4.69, 9.17) is 17.3 Å². The predicted molar refractivity (Wildman–Crippen MR) is 78.8 cm³/mol. The topological polar surface area (TPSA) is 29.3 Å². The number of rotatable bonds is 3. The number of benzene rings is 1. The summed E-state index contributed by atoms with van der Waals surface area (Å²) in [5.41, 5.74) is 7.75. The molecule has 0 heterocycles. The van der Waals surface area contributed by atoms with Gasteiger partial charge in [0.15, 0.2) is 0 Å². The van der Waals surface area contributed by atoms with Gasteiger partial charge in [-0.05, 0) is 62.4 Å². The molecule has 1 saturated carbocycles. The predicted octanol–water partition coefficient (Wildman–Crippen LogP) is 3.93. The minimum absolute atomic E-state index is 0.693. The van der Waals surface area contributed by atoms with Gasteiger partial charge in [0.1, 0.15) is 0 Å². The maximum atomic E-state index is 6.22. The van der Waals surface area contributed by atoms with Gasteiger partial charge >= 0.3 is 0 Å². The Morgan fingerprint density at radius 1 is 1.28 bits per heavy atom. The third kappa shape index (κ3) is 3.39. The summed E-state index contributed by atoms with van der Waals surface area (Å²) < 4.78 is 0. The van der Waals surface area contributed by atoms with E-state index in [2.05, 4.69) is 18.9 Å². The van der Waals surface area contributed by atoms with Gasteiger partial charge in [0.2, 0.25) is 0 Å². The van der Waals surface area contributed by atoms with Gasteiger partial charge in [-0.3, -0.25) is 4.90 Å². The van der Waals surface area contributed by atoms with E-state index < -0.39 is 0 Å². The first-order valence-electron chi connectivity index (χ1n) is 6.80. The van der Waals surface area contributed by atoms with Crippen LogP contribution in [0.4, 0.5) is 5.69 Å². The molecule has 1 aliphatic rings. The van der Waals surface area contributed by atoms with Crippen molar-refractivity contribution in [2.75, 3.05) is 12.8 Å². The summed E-state index contributed by atoms with van der Waals surface area (Å²) in [6, 6.07) is 6.43. The Kier molecular flexibility index (Phi) is 4.52. The van der Waals surface area contributed by atoms with Gasteiger partial charge in [-0.2, -0.15) is 0 Å². The molecule has 0 aliphatic heterocycles. The Bertz CT molecular complexity index is 397. The molecule has 2 N–H and O–H groups in total. The molecule has 0 bridgehead atoms. The average Bonchev–Trinajstić information content (AvgIpc) is 2.34. The fourth-order valence-electron chi connectivity index (χ4n) is 2.80. The number of nitrogens with zero attached hydrogens (tertiary/aromatic N) is 1. The Balaban J connectivity index is 1.98. The van der Waals surface area contributed by atoms with Crippen LogP contribution in [0.25, 0.3) is 0 Å². The molecule has 0 saturated heterocycles. The molecule has 3 heteroatoms. The van der Waals surface area contributed by atoms with Crippen molar-refractivity contribution in [3.05, 3.63) is 28.8 Å². The van der Waals surface area contributed by atoms with Gasteiger partial charge in [-0.15, -0.1) is 0 Å². The molecule has 18 heavy (non-hydrogen) atoms. The molecule has 2 rings (SSSR count). The van der Waals surface area contributed by atoms with Crippen LogP contribution in [0.2, 0.25) is 5.02 Å². The minimum atomic E-state index is 0.693. The Labute approximate surface area is 115 Å². The largest absolute Gasteiger partial charge is 0.399 e. The standard InChI is InChI=1S/C15H23ClN2/c1-11-3-6-14(7-4-11)18(2)10-12-9-13(17)5-8-15(12)16/h5,8-9,11,14H,3-4,6-7,10,17H2,1-2H3. The lowest BCUT2D eigenvalue weighted by atomic mass is 9.86. The zero-order valence-electron chi connectivity index (χ0n) is 11.3. The molecule has 0 aromatic heterocycles. The number of hydrogen-bond acceptors (Lipinski definition) is 2. The average molecular weight is 267 g/mol. The van der Waals surface area contributed by atoms with Crippen LogP contribution >= 0.6 is 11.6 Å². The van der Waals surface area contributed by atoms with E-state index in [1.165, 1.54) is 25.7 Å². The second-order valence-electron chi connectivity index (χ2n) is 5.68. The van der Waals surface area contributed by atoms with Crippen molar-refractivity contribution in [3.8, 4) is 0 Å². The van der Waals surface area contributed by atoms with Gasteiger partial charge in [0, 0.05) is 23.3 Å². The fourth-order valence-corrected chi connectivity index (χ4v) is 2.97. The highest BCUT2D eigenvalue weighted by Gasteiger charge is 2.22. The summed E-state index contributed by atoms with van der Waals surface area (Å²) in [6.45, 7) is 3.24. The molecule has 0 unspecified atom stereocenters. The Morgan fingerprint density at radius 2 is 1.94 bits per heavy atom. The van der Waals surface area contributed by atoms with E-state index in [0.717, 1.165) is 28.7 Å². The van der Waals surface area contributed by atoms with Crippen LogP contribution in [0.15, 0.2) is 18.2 Å². The number of nitrogen functional groups attached to an aromatic ring is 1. The third-order valence-electron chi connectivity index (χ3n) is 4.10. The van der Waals surface area contributed by atoms with Crippen molar-refractivity contribution in [1.29, 1.82) is 0 Å². The fraction of sp³-hybridized carbons (Fsp3) is 0.600. The van der Waals surface area contributed by atoms with Gasteiger partial charge in [-0.25, -0.2) is 0 Å². The molecule has 1 aromatic carbocycles. The monoisotopic (exact) mass is 266 g/mol. The molecular formula is C15H23ClN2. The van der Waals surface area contributed by atoms with Crippen LogP contribution in [0, 0.1) is 5.92 Å². The lowest BCUT2D eigenvalue weighted by Gasteiger charge is -2.33. The normalized spacial score (nSPS) is 24.4. The zero-order chi connectivity index (χ0) is 13.1. The van der Waals surface area contributed by atoms with E-state index in [0.29, 0.717) is 6.04 Å². The first-order chi connectivity index (χ1) is 8.56. The highest BCUT2D eigenvalue weighted by molar-refractivity contribution is 6.31. The van der Waals surface area contributed by atoms with Gasteiger partial charge in [0.25, 0.3) is 0 Å². The second-order valence-corrected chi connectivity index (χ2v) is 6.09. The number of nitrogens with two attached hydrogens (primary N) is 1. The van der Waals surface area contributed by atoms with E-state index in [1.54, 1.807) is 0 Å². The van der Waals surface area contributed by atoms with Crippen LogP contribution in [0.3, 0.4) is 0 Å². The van der Waals surface area contributed by atoms with E-state index >= 15 is 0 Å². The van der Waals surface area contributed by atoms with Crippen LogP contribution in [-0.4, -0.2) is 18.0 Å². The lowest BCUT2D eigenvalue weighted by molar-refractivity contribution is 0.164. The second kappa shape index (κ2) is 5.94. The smallest absolute Gasteiger partial charge is 0.0452 e. The first-order valence-corrected chi connectivity index (χ1v) is 7.18.